The summed E-state index contributed by atoms with van der Waals surface area (Å²) in [6.45, 7) is 5.65. The van der Waals surface area contributed by atoms with Crippen LogP contribution >= 0.6 is 27.3 Å². The van der Waals surface area contributed by atoms with Gasteiger partial charge in [0, 0.05) is 33.3 Å². The van der Waals surface area contributed by atoms with Gasteiger partial charge < -0.3 is 5.32 Å². The predicted molar refractivity (Wildman–Crippen MR) is 64.1 cm³/mol. The molecule has 0 amide bonds. The fourth-order valence-electron chi connectivity index (χ4n) is 1.18. The number of carbonyl (C=O) groups excluding carboxylic acids is 1. The topological polar surface area (TPSA) is 29.1 Å². The van der Waals surface area contributed by atoms with Gasteiger partial charge in [0.15, 0.2) is 5.78 Å². The lowest BCUT2D eigenvalue weighted by Crippen LogP contribution is -2.26. The molecule has 14 heavy (non-hydrogen) atoms. The molecule has 0 aromatic carbocycles. The standard InChI is InChI=1S/C10H14BrNOS/c1-3-12-4-7(2)10(13)8-5-14-6-9(8)11/h5-7,12H,3-4H2,1-2H3. The minimum Gasteiger partial charge on any atom is -0.316 e. The van der Waals surface area contributed by atoms with Crippen molar-refractivity contribution in [1.29, 1.82) is 0 Å². The first-order valence-electron chi connectivity index (χ1n) is 4.63. The van der Waals surface area contributed by atoms with Crippen molar-refractivity contribution in [1.82, 2.24) is 5.32 Å². The van der Waals surface area contributed by atoms with Crippen molar-refractivity contribution >= 4 is 33.0 Å². The van der Waals surface area contributed by atoms with Gasteiger partial charge in [0.25, 0.3) is 0 Å². The molecule has 0 spiro atoms. The van der Waals surface area contributed by atoms with E-state index in [0.29, 0.717) is 0 Å². The zero-order valence-electron chi connectivity index (χ0n) is 8.34. The van der Waals surface area contributed by atoms with Crippen LogP contribution in [-0.4, -0.2) is 18.9 Å². The molecule has 0 fully saturated rings. The molecule has 1 N–H and O–H groups in total. The minimum absolute atomic E-state index is 0.0425. The molecule has 0 aliphatic heterocycles. The Labute approximate surface area is 96.8 Å². The van der Waals surface area contributed by atoms with Crippen LogP contribution < -0.4 is 5.32 Å². The SMILES string of the molecule is CCNCC(C)C(=O)c1cscc1Br. The lowest BCUT2D eigenvalue weighted by molar-refractivity contribution is 0.0929. The van der Waals surface area contributed by atoms with Gasteiger partial charge in [0.1, 0.15) is 0 Å². The summed E-state index contributed by atoms with van der Waals surface area (Å²) in [6, 6.07) is 0. The number of hydrogen-bond acceptors (Lipinski definition) is 3. The largest absolute Gasteiger partial charge is 0.316 e. The highest BCUT2D eigenvalue weighted by atomic mass is 79.9. The van der Waals surface area contributed by atoms with Crippen molar-refractivity contribution in [2.75, 3.05) is 13.1 Å². The molecule has 0 radical (unpaired) electrons. The Morgan fingerprint density at radius 3 is 2.86 bits per heavy atom. The van der Waals surface area contributed by atoms with Gasteiger partial charge in [-0.25, -0.2) is 0 Å². The third kappa shape index (κ3) is 2.90. The van der Waals surface area contributed by atoms with E-state index in [1.807, 2.05) is 24.6 Å². The second-order valence-electron chi connectivity index (χ2n) is 3.21. The van der Waals surface area contributed by atoms with Crippen LogP contribution in [0.1, 0.15) is 24.2 Å². The molecule has 0 saturated heterocycles. The van der Waals surface area contributed by atoms with Crippen molar-refractivity contribution in [3.05, 3.63) is 20.8 Å². The number of carbonyl (C=O) groups is 1. The Morgan fingerprint density at radius 1 is 1.64 bits per heavy atom. The molecule has 1 rings (SSSR count). The van der Waals surface area contributed by atoms with Crippen molar-refractivity contribution in [3.63, 3.8) is 0 Å². The van der Waals surface area contributed by atoms with Gasteiger partial charge in [-0.1, -0.05) is 13.8 Å². The summed E-state index contributed by atoms with van der Waals surface area (Å²) in [5.41, 5.74) is 0.806. The van der Waals surface area contributed by atoms with Gasteiger partial charge in [0.05, 0.1) is 0 Å². The lowest BCUT2D eigenvalue weighted by Gasteiger charge is -2.09. The number of thiophene rings is 1. The Morgan fingerprint density at radius 2 is 2.36 bits per heavy atom. The molecule has 4 heteroatoms. The summed E-state index contributed by atoms with van der Waals surface area (Å²) >= 11 is 4.92. The zero-order valence-corrected chi connectivity index (χ0v) is 10.7. The first kappa shape index (κ1) is 11.9. The molecule has 1 aromatic rings. The Bertz CT molecular complexity index is 311. The van der Waals surface area contributed by atoms with Crippen LogP contribution in [0.3, 0.4) is 0 Å². The third-order valence-corrected chi connectivity index (χ3v) is 3.73. The first-order valence-corrected chi connectivity index (χ1v) is 6.37. The number of rotatable bonds is 5. The zero-order chi connectivity index (χ0) is 10.6. The predicted octanol–water partition coefficient (Wildman–Crippen LogP) is 2.94. The highest BCUT2D eigenvalue weighted by molar-refractivity contribution is 9.10. The van der Waals surface area contributed by atoms with Gasteiger partial charge in [-0.3, -0.25) is 4.79 Å². The fraction of sp³-hybridized carbons (Fsp3) is 0.500. The van der Waals surface area contributed by atoms with E-state index in [9.17, 15) is 4.79 Å². The van der Waals surface area contributed by atoms with E-state index in [4.69, 9.17) is 0 Å². The van der Waals surface area contributed by atoms with Crippen LogP contribution in [0, 0.1) is 5.92 Å². The maximum atomic E-state index is 11.9. The number of hydrogen-bond donors (Lipinski definition) is 1. The Kier molecular flexibility index (Phi) is 4.78. The monoisotopic (exact) mass is 275 g/mol. The van der Waals surface area contributed by atoms with E-state index in [-0.39, 0.29) is 11.7 Å². The van der Waals surface area contributed by atoms with E-state index in [1.165, 1.54) is 0 Å². The molecule has 1 aromatic heterocycles. The van der Waals surface area contributed by atoms with Gasteiger partial charge >= 0.3 is 0 Å². The van der Waals surface area contributed by atoms with Gasteiger partial charge in [-0.15, -0.1) is 0 Å². The van der Waals surface area contributed by atoms with Crippen LogP contribution in [0.4, 0.5) is 0 Å². The Hall–Kier alpha value is -0.190. The molecule has 0 saturated carbocycles. The Balaban J connectivity index is 2.61. The highest BCUT2D eigenvalue weighted by Crippen LogP contribution is 2.23. The van der Waals surface area contributed by atoms with Gasteiger partial charge in [0.2, 0.25) is 0 Å². The molecule has 1 unspecified atom stereocenters. The van der Waals surface area contributed by atoms with Gasteiger partial charge in [-0.05, 0) is 22.5 Å². The third-order valence-electron chi connectivity index (χ3n) is 2.03. The summed E-state index contributed by atoms with van der Waals surface area (Å²) in [5, 5.41) is 7.01. The van der Waals surface area contributed by atoms with Crippen molar-refractivity contribution in [2.24, 2.45) is 5.92 Å². The summed E-state index contributed by atoms with van der Waals surface area (Å²) in [7, 11) is 0. The van der Waals surface area contributed by atoms with Crippen LogP contribution in [0.15, 0.2) is 15.2 Å². The summed E-state index contributed by atoms with van der Waals surface area (Å²) in [4.78, 5) is 11.9. The van der Waals surface area contributed by atoms with Crippen LogP contribution in [0.5, 0.6) is 0 Å². The number of nitrogens with one attached hydrogen (secondary N) is 1. The van der Waals surface area contributed by atoms with E-state index in [2.05, 4.69) is 21.2 Å². The maximum absolute atomic E-state index is 11.9. The van der Waals surface area contributed by atoms with Crippen molar-refractivity contribution in [2.45, 2.75) is 13.8 Å². The highest BCUT2D eigenvalue weighted by Gasteiger charge is 2.17. The smallest absolute Gasteiger partial charge is 0.168 e. The molecule has 78 valence electrons. The number of ketones is 1. The van der Waals surface area contributed by atoms with E-state index >= 15 is 0 Å². The maximum Gasteiger partial charge on any atom is 0.168 e. The van der Waals surface area contributed by atoms with Gasteiger partial charge in [-0.2, -0.15) is 11.3 Å². The molecule has 1 atom stereocenters. The second kappa shape index (κ2) is 5.63. The number of halogens is 1. The number of Topliss-reactive ketones (excluding diaryl/α,β-unsaturated/α-hetero) is 1. The van der Waals surface area contributed by atoms with E-state index in [1.54, 1.807) is 11.3 Å². The van der Waals surface area contributed by atoms with Crippen LogP contribution in [-0.2, 0) is 0 Å². The summed E-state index contributed by atoms with van der Waals surface area (Å²) in [5.74, 6) is 0.250. The molecule has 1 heterocycles. The lowest BCUT2D eigenvalue weighted by atomic mass is 10.0. The average molecular weight is 276 g/mol. The quantitative estimate of drug-likeness (QED) is 0.838. The second-order valence-corrected chi connectivity index (χ2v) is 4.80. The average Bonchev–Trinajstić information content (AvgIpc) is 2.59. The molecular formula is C10H14BrNOS. The molecule has 2 nitrogen and oxygen atoms in total. The van der Waals surface area contributed by atoms with E-state index in [0.717, 1.165) is 23.1 Å². The minimum atomic E-state index is 0.0425. The molecule has 0 aliphatic rings. The van der Waals surface area contributed by atoms with Crippen LogP contribution in [0.25, 0.3) is 0 Å². The van der Waals surface area contributed by atoms with Crippen molar-refractivity contribution in [3.8, 4) is 0 Å². The molecular weight excluding hydrogens is 262 g/mol. The van der Waals surface area contributed by atoms with Crippen molar-refractivity contribution < 1.29 is 4.79 Å². The fourth-order valence-corrected chi connectivity index (χ4v) is 2.66. The first-order chi connectivity index (χ1) is 6.66. The normalized spacial score (nSPS) is 12.8. The summed E-state index contributed by atoms with van der Waals surface area (Å²) < 4.78 is 0.913. The molecule has 0 bridgehead atoms. The molecule has 0 aliphatic carbocycles. The summed E-state index contributed by atoms with van der Waals surface area (Å²) in [6.07, 6.45) is 0. The van der Waals surface area contributed by atoms with Crippen LogP contribution in [0.2, 0.25) is 0 Å². The van der Waals surface area contributed by atoms with E-state index < -0.39 is 0 Å².